The Hall–Kier alpha value is -2.55. The fraction of sp³-hybridized carbons (Fsp3) is 0.611. The van der Waals surface area contributed by atoms with Crippen LogP contribution in [0.2, 0.25) is 0 Å². The van der Waals surface area contributed by atoms with Crippen molar-refractivity contribution in [3.63, 3.8) is 0 Å². The fourth-order valence-electron chi connectivity index (χ4n) is 3.48. The Bertz CT molecular complexity index is 838. The van der Waals surface area contributed by atoms with Crippen molar-refractivity contribution in [3.8, 4) is 0 Å². The summed E-state index contributed by atoms with van der Waals surface area (Å²) in [6.45, 7) is 9.17. The predicted octanol–water partition coefficient (Wildman–Crippen LogP) is 0.694. The van der Waals surface area contributed by atoms with Crippen LogP contribution in [-0.2, 0) is 9.53 Å². The Morgan fingerprint density at radius 2 is 2.00 bits per heavy atom. The second kappa shape index (κ2) is 7.22. The second-order valence-corrected chi connectivity index (χ2v) is 7.38. The Morgan fingerprint density at radius 1 is 1.30 bits per heavy atom. The minimum absolute atomic E-state index is 0.215. The summed E-state index contributed by atoms with van der Waals surface area (Å²) in [7, 11) is 3.20. The number of imide groups is 1. The third kappa shape index (κ3) is 3.27. The minimum atomic E-state index is -0.633. The minimum Gasteiger partial charge on any atom is -0.383 e. The van der Waals surface area contributed by atoms with Crippen LogP contribution in [0.3, 0.4) is 0 Å². The zero-order valence-corrected chi connectivity index (χ0v) is 16.8. The van der Waals surface area contributed by atoms with Crippen molar-refractivity contribution in [2.45, 2.75) is 33.7 Å². The lowest BCUT2D eigenvalue weighted by Gasteiger charge is -2.34. The highest BCUT2D eigenvalue weighted by atomic mass is 16.5. The smallest absolute Gasteiger partial charge is 0.383 e. The molecule has 0 aromatic carbocycles. The third-order valence-corrected chi connectivity index (χ3v) is 4.67. The van der Waals surface area contributed by atoms with Crippen LogP contribution in [-0.4, -0.2) is 87.8 Å². The van der Waals surface area contributed by atoms with E-state index in [-0.39, 0.29) is 18.5 Å². The molecule has 0 aliphatic carbocycles. The van der Waals surface area contributed by atoms with E-state index in [4.69, 9.17) is 4.74 Å². The lowest BCUT2D eigenvalue weighted by Crippen LogP contribution is -2.63. The number of carbonyl (C=O) groups excluding carboxylic acids is 2. The maximum atomic E-state index is 13.2. The molecule has 27 heavy (non-hydrogen) atoms. The third-order valence-electron chi connectivity index (χ3n) is 4.67. The maximum Gasteiger partial charge on any atom is 0.421 e. The van der Waals surface area contributed by atoms with Crippen molar-refractivity contribution in [1.82, 2.24) is 19.6 Å². The van der Waals surface area contributed by atoms with Gasteiger partial charge in [-0.25, -0.2) is 9.37 Å². The number of likely N-dealkylation sites (N-methyl/N-ethyl adjacent to an activating group) is 1. The van der Waals surface area contributed by atoms with E-state index in [0.29, 0.717) is 30.9 Å². The summed E-state index contributed by atoms with van der Waals surface area (Å²) in [5.74, 6) is 1.05. The van der Waals surface area contributed by atoms with E-state index in [9.17, 15) is 9.59 Å². The standard InChI is InChI=1S/C18H27N6O3/c1-11(2)10-23-14-15(19-17(23)24-13(4)9-12(3)20-24)21(5)18(26)22(16(14)25)7-8-27-6/h9,11,14H,7-8,10H2,1-6H3/q+1. The van der Waals surface area contributed by atoms with Crippen molar-refractivity contribution in [2.75, 3.05) is 33.9 Å². The number of aliphatic imine (C=N–C) groups is 1. The quantitative estimate of drug-likeness (QED) is 0.709. The van der Waals surface area contributed by atoms with Crippen molar-refractivity contribution < 1.29 is 18.9 Å². The number of hydrogen-bond donors (Lipinski definition) is 0. The molecule has 9 heteroatoms. The monoisotopic (exact) mass is 375 g/mol. The van der Waals surface area contributed by atoms with Gasteiger partial charge in [0.1, 0.15) is 5.69 Å². The molecule has 0 bridgehead atoms. The molecular formula is C18H27N6O3+. The Morgan fingerprint density at radius 3 is 2.56 bits per heavy atom. The normalized spacial score (nSPS) is 20.1. The first-order valence-electron chi connectivity index (χ1n) is 9.10. The van der Waals surface area contributed by atoms with E-state index >= 15 is 0 Å². The van der Waals surface area contributed by atoms with Gasteiger partial charge < -0.3 is 4.74 Å². The van der Waals surface area contributed by atoms with Gasteiger partial charge in [-0.05, 0) is 25.8 Å². The van der Waals surface area contributed by atoms with E-state index in [0.717, 1.165) is 11.4 Å². The van der Waals surface area contributed by atoms with Gasteiger partial charge in [0.15, 0.2) is 0 Å². The van der Waals surface area contributed by atoms with Gasteiger partial charge in [0.2, 0.25) is 11.9 Å². The topological polar surface area (TPSA) is 83.0 Å². The number of nitrogens with zero attached hydrogens (tertiary/aromatic N) is 6. The SMILES string of the molecule is COCCN1C(=O)C2C(=NC(n3nc(C)cc3C)=[N+]2CC(C)C)N(C)C1=O. The molecule has 3 heterocycles. The van der Waals surface area contributed by atoms with Crippen molar-refractivity contribution in [2.24, 2.45) is 10.9 Å². The van der Waals surface area contributed by atoms with Gasteiger partial charge in [-0.15, -0.1) is 9.78 Å². The molecule has 3 amide bonds. The molecule has 146 valence electrons. The van der Waals surface area contributed by atoms with E-state index in [1.165, 1.54) is 9.80 Å². The number of aromatic nitrogens is 2. The molecular weight excluding hydrogens is 348 g/mol. The van der Waals surface area contributed by atoms with Crippen LogP contribution in [0.15, 0.2) is 11.1 Å². The lowest BCUT2D eigenvalue weighted by atomic mass is 10.1. The number of amidine groups is 1. The average molecular weight is 375 g/mol. The summed E-state index contributed by atoms with van der Waals surface area (Å²) in [4.78, 5) is 33.2. The summed E-state index contributed by atoms with van der Waals surface area (Å²) in [6, 6.07) is 0.946. The Balaban J connectivity index is 2.10. The number of urea groups is 1. The molecule has 0 radical (unpaired) electrons. The van der Waals surface area contributed by atoms with Crippen molar-refractivity contribution in [1.29, 1.82) is 0 Å². The molecule has 0 N–H and O–H groups in total. The van der Waals surface area contributed by atoms with Crippen LogP contribution in [0, 0.1) is 19.8 Å². The molecule has 0 saturated carbocycles. The number of ether oxygens (including phenoxy) is 1. The number of methoxy groups -OCH3 is 1. The molecule has 9 nitrogen and oxygen atoms in total. The summed E-state index contributed by atoms with van der Waals surface area (Å²) in [5.41, 5.74) is 1.80. The fourth-order valence-corrected chi connectivity index (χ4v) is 3.48. The van der Waals surface area contributed by atoms with Crippen LogP contribution in [0.5, 0.6) is 0 Å². The molecule has 1 saturated heterocycles. The molecule has 1 aromatic heterocycles. The van der Waals surface area contributed by atoms with Gasteiger partial charge in [0.25, 0.3) is 5.91 Å². The van der Waals surface area contributed by atoms with E-state index < -0.39 is 6.04 Å². The first-order chi connectivity index (χ1) is 12.8. The lowest BCUT2D eigenvalue weighted by molar-refractivity contribution is -0.543. The predicted molar refractivity (Wildman–Crippen MR) is 100 cm³/mol. The number of aryl methyl sites for hydroxylation is 2. The van der Waals surface area contributed by atoms with Crippen molar-refractivity contribution >= 4 is 23.7 Å². The largest absolute Gasteiger partial charge is 0.421 e. The van der Waals surface area contributed by atoms with Gasteiger partial charge in [0.05, 0.1) is 25.4 Å². The number of amides is 3. The van der Waals surface area contributed by atoms with Gasteiger partial charge in [0, 0.05) is 14.2 Å². The van der Waals surface area contributed by atoms with Crippen LogP contribution in [0.25, 0.3) is 0 Å². The summed E-state index contributed by atoms with van der Waals surface area (Å²) in [6.07, 6.45) is 0. The summed E-state index contributed by atoms with van der Waals surface area (Å²) < 4.78 is 8.75. The van der Waals surface area contributed by atoms with Gasteiger partial charge in [-0.3, -0.25) is 14.6 Å². The van der Waals surface area contributed by atoms with Crippen LogP contribution in [0.1, 0.15) is 25.2 Å². The zero-order chi connectivity index (χ0) is 19.9. The highest BCUT2D eigenvalue weighted by Gasteiger charge is 2.53. The molecule has 1 aromatic rings. The van der Waals surface area contributed by atoms with Gasteiger partial charge in [-0.2, -0.15) is 0 Å². The molecule has 2 aliphatic heterocycles. The van der Waals surface area contributed by atoms with Gasteiger partial charge >= 0.3 is 12.0 Å². The van der Waals surface area contributed by atoms with Crippen LogP contribution >= 0.6 is 0 Å². The number of rotatable bonds is 5. The molecule has 0 spiro atoms. The van der Waals surface area contributed by atoms with E-state index in [1.807, 2.05) is 24.5 Å². The summed E-state index contributed by atoms with van der Waals surface area (Å²) >= 11 is 0. The first-order valence-corrected chi connectivity index (χ1v) is 9.10. The number of carbonyl (C=O) groups is 2. The highest BCUT2D eigenvalue weighted by Crippen LogP contribution is 2.22. The van der Waals surface area contributed by atoms with E-state index in [1.54, 1.807) is 18.8 Å². The zero-order valence-electron chi connectivity index (χ0n) is 16.8. The van der Waals surface area contributed by atoms with Crippen LogP contribution in [0.4, 0.5) is 4.79 Å². The Kier molecular flexibility index (Phi) is 5.14. The highest BCUT2D eigenvalue weighted by molar-refractivity contribution is 6.23. The van der Waals surface area contributed by atoms with Crippen molar-refractivity contribution in [3.05, 3.63) is 17.5 Å². The molecule has 1 unspecified atom stereocenters. The molecule has 1 atom stereocenters. The summed E-state index contributed by atoms with van der Waals surface area (Å²) in [5, 5.41) is 4.53. The molecule has 2 aliphatic rings. The van der Waals surface area contributed by atoms with Gasteiger partial charge in [-0.1, -0.05) is 18.8 Å². The molecule has 3 rings (SSSR count). The molecule has 1 fully saturated rings. The first kappa shape index (κ1) is 19.2. The Labute approximate surface area is 158 Å². The number of hydrogen-bond acceptors (Lipinski definition) is 5. The average Bonchev–Trinajstić information content (AvgIpc) is 3.12. The maximum absolute atomic E-state index is 13.2. The van der Waals surface area contributed by atoms with Crippen LogP contribution < -0.4 is 0 Å². The number of fused-ring (bicyclic) bond motifs is 1. The van der Waals surface area contributed by atoms with E-state index in [2.05, 4.69) is 23.9 Å². The second-order valence-electron chi connectivity index (χ2n) is 7.38.